The van der Waals surface area contributed by atoms with Crippen LogP contribution in [-0.4, -0.2) is 17.6 Å². The van der Waals surface area contributed by atoms with Crippen molar-refractivity contribution in [1.82, 2.24) is 0 Å². The number of halogens is 1. The van der Waals surface area contributed by atoms with Crippen LogP contribution >= 0.6 is 11.6 Å². The maximum Gasteiger partial charge on any atom is 0.140 e. The van der Waals surface area contributed by atoms with Gasteiger partial charge in [0, 0.05) is 5.41 Å². The number of aromatic hydroxyl groups is 1. The molecular formula is C19H20ClNO2. The smallest absolute Gasteiger partial charge is 0.140 e. The second kappa shape index (κ2) is 6.93. The van der Waals surface area contributed by atoms with Gasteiger partial charge in [0.25, 0.3) is 0 Å². The van der Waals surface area contributed by atoms with Gasteiger partial charge in [0.05, 0.1) is 11.4 Å². The third-order valence-corrected chi connectivity index (χ3v) is 4.18. The largest absolute Gasteiger partial charge is 0.508 e. The van der Waals surface area contributed by atoms with Crippen LogP contribution in [0.1, 0.15) is 36.1 Å². The highest BCUT2D eigenvalue weighted by Crippen LogP contribution is 2.36. The second-order valence-electron chi connectivity index (χ2n) is 5.99. The average Bonchev–Trinajstić information content (AvgIpc) is 2.53. The van der Waals surface area contributed by atoms with Crippen molar-refractivity contribution in [3.8, 4) is 17.6 Å². The quantitative estimate of drug-likeness (QED) is 0.821. The van der Waals surface area contributed by atoms with Crippen LogP contribution in [0.3, 0.4) is 0 Å². The molecule has 0 aliphatic rings. The molecule has 0 bridgehead atoms. The van der Waals surface area contributed by atoms with Crippen molar-refractivity contribution in [3.63, 3.8) is 0 Å². The van der Waals surface area contributed by atoms with Gasteiger partial charge in [-0.1, -0.05) is 32.0 Å². The van der Waals surface area contributed by atoms with Crippen molar-refractivity contribution < 1.29 is 9.84 Å². The van der Waals surface area contributed by atoms with E-state index in [1.165, 1.54) is 0 Å². The Bertz CT molecular complexity index is 730. The number of alkyl halides is 1. The van der Waals surface area contributed by atoms with Crippen molar-refractivity contribution >= 4 is 11.6 Å². The van der Waals surface area contributed by atoms with Crippen molar-refractivity contribution in [2.45, 2.75) is 26.2 Å². The second-order valence-corrected chi connectivity index (χ2v) is 6.37. The van der Waals surface area contributed by atoms with Crippen molar-refractivity contribution in [2.75, 3.05) is 12.5 Å². The van der Waals surface area contributed by atoms with Crippen LogP contribution in [-0.2, 0) is 5.41 Å². The first kappa shape index (κ1) is 17.2. The number of benzene rings is 2. The number of hydrogen-bond donors (Lipinski definition) is 1. The molecule has 4 heteroatoms. The third kappa shape index (κ3) is 3.60. The lowest BCUT2D eigenvalue weighted by Crippen LogP contribution is -2.19. The molecule has 0 saturated carbocycles. The monoisotopic (exact) mass is 329 g/mol. The molecule has 0 amide bonds. The molecule has 0 atom stereocenters. The summed E-state index contributed by atoms with van der Waals surface area (Å²) in [7, 11) is 0. The molecule has 0 fully saturated rings. The summed E-state index contributed by atoms with van der Waals surface area (Å²) in [6.07, 6.45) is 0. The maximum absolute atomic E-state index is 9.47. The molecule has 0 heterocycles. The van der Waals surface area contributed by atoms with Crippen LogP contribution in [0.2, 0.25) is 0 Å². The molecule has 0 unspecified atom stereocenters. The van der Waals surface area contributed by atoms with E-state index in [4.69, 9.17) is 16.3 Å². The van der Waals surface area contributed by atoms with Crippen LogP contribution in [0.5, 0.6) is 11.5 Å². The Morgan fingerprint density at radius 1 is 1.17 bits per heavy atom. The fraction of sp³-hybridized carbons (Fsp3) is 0.316. The highest BCUT2D eigenvalue weighted by Gasteiger charge is 2.25. The van der Waals surface area contributed by atoms with Crippen LogP contribution in [0.15, 0.2) is 36.4 Å². The van der Waals surface area contributed by atoms with E-state index in [0.29, 0.717) is 23.8 Å². The molecular weight excluding hydrogens is 310 g/mol. The summed E-state index contributed by atoms with van der Waals surface area (Å²) < 4.78 is 5.61. The van der Waals surface area contributed by atoms with Gasteiger partial charge in [-0.2, -0.15) is 5.26 Å². The number of phenolic OH excluding ortho intramolecular Hbond substituents is 1. The standard InChI is InChI=1S/C19H20ClNO2/c1-13-10-16(11-14(12-21)18(13)23-9-8-20)19(2,3)15-4-6-17(22)7-5-15/h4-7,10-11,22H,8-9H2,1-3H3. The lowest BCUT2D eigenvalue weighted by Gasteiger charge is -2.27. The Morgan fingerprint density at radius 3 is 2.39 bits per heavy atom. The van der Waals surface area contributed by atoms with Gasteiger partial charge >= 0.3 is 0 Å². The first-order valence-electron chi connectivity index (χ1n) is 7.43. The summed E-state index contributed by atoms with van der Waals surface area (Å²) in [5.74, 6) is 1.21. The minimum atomic E-state index is -0.297. The topological polar surface area (TPSA) is 53.2 Å². The van der Waals surface area contributed by atoms with E-state index in [1.807, 2.05) is 31.2 Å². The number of ether oxygens (including phenoxy) is 1. The molecule has 0 aromatic heterocycles. The third-order valence-electron chi connectivity index (χ3n) is 4.03. The van der Waals surface area contributed by atoms with E-state index in [2.05, 4.69) is 19.9 Å². The van der Waals surface area contributed by atoms with Gasteiger partial charge in [0.15, 0.2) is 0 Å². The summed E-state index contributed by atoms with van der Waals surface area (Å²) >= 11 is 5.67. The molecule has 1 N–H and O–H groups in total. The Balaban J connectivity index is 2.49. The fourth-order valence-corrected chi connectivity index (χ4v) is 2.67. The van der Waals surface area contributed by atoms with Gasteiger partial charge in [0.2, 0.25) is 0 Å². The highest BCUT2D eigenvalue weighted by molar-refractivity contribution is 6.18. The first-order chi connectivity index (χ1) is 10.9. The fourth-order valence-electron chi connectivity index (χ4n) is 2.59. The molecule has 2 aromatic rings. The Kier molecular flexibility index (Phi) is 5.18. The zero-order valence-corrected chi connectivity index (χ0v) is 14.3. The molecule has 0 saturated heterocycles. The molecule has 0 radical (unpaired) electrons. The van der Waals surface area contributed by atoms with E-state index in [1.54, 1.807) is 12.1 Å². The van der Waals surface area contributed by atoms with Crippen LogP contribution in [0.25, 0.3) is 0 Å². The lowest BCUT2D eigenvalue weighted by atomic mass is 9.77. The van der Waals surface area contributed by atoms with Crippen LogP contribution < -0.4 is 4.74 Å². The van der Waals surface area contributed by atoms with Gasteiger partial charge in [-0.25, -0.2) is 0 Å². The number of rotatable bonds is 5. The van der Waals surface area contributed by atoms with E-state index in [0.717, 1.165) is 16.7 Å². The summed E-state index contributed by atoms with van der Waals surface area (Å²) in [4.78, 5) is 0. The van der Waals surface area contributed by atoms with Gasteiger partial charge in [0.1, 0.15) is 24.2 Å². The van der Waals surface area contributed by atoms with Gasteiger partial charge in [-0.05, 0) is 41.8 Å². The minimum absolute atomic E-state index is 0.239. The van der Waals surface area contributed by atoms with Crippen LogP contribution in [0, 0.1) is 18.3 Å². The molecule has 0 aliphatic carbocycles. The SMILES string of the molecule is Cc1cc(C(C)(C)c2ccc(O)cc2)cc(C#N)c1OCCCl. The molecule has 2 aromatic carbocycles. The maximum atomic E-state index is 9.47. The number of hydrogen-bond acceptors (Lipinski definition) is 3. The minimum Gasteiger partial charge on any atom is -0.508 e. The highest BCUT2D eigenvalue weighted by atomic mass is 35.5. The number of nitriles is 1. The van der Waals surface area contributed by atoms with E-state index in [9.17, 15) is 10.4 Å². The normalized spacial score (nSPS) is 11.1. The summed E-state index contributed by atoms with van der Waals surface area (Å²) in [5, 5.41) is 18.9. The summed E-state index contributed by atoms with van der Waals surface area (Å²) in [5.41, 5.74) is 3.21. The predicted molar refractivity (Wildman–Crippen MR) is 92.3 cm³/mol. The molecule has 3 nitrogen and oxygen atoms in total. The number of phenols is 1. The number of aryl methyl sites for hydroxylation is 1. The summed E-state index contributed by atoms with van der Waals surface area (Å²) in [6.45, 7) is 6.49. The zero-order valence-electron chi connectivity index (χ0n) is 13.6. The van der Waals surface area contributed by atoms with Crippen molar-refractivity contribution in [2.24, 2.45) is 0 Å². The summed E-state index contributed by atoms with van der Waals surface area (Å²) in [6, 6.07) is 13.3. The van der Waals surface area contributed by atoms with E-state index < -0.39 is 0 Å². The average molecular weight is 330 g/mol. The molecule has 23 heavy (non-hydrogen) atoms. The first-order valence-corrected chi connectivity index (χ1v) is 7.97. The molecule has 0 aliphatic heterocycles. The van der Waals surface area contributed by atoms with Gasteiger partial charge in [-0.3, -0.25) is 0 Å². The van der Waals surface area contributed by atoms with Crippen LogP contribution in [0.4, 0.5) is 0 Å². The molecule has 120 valence electrons. The Labute approximate surface area is 142 Å². The Morgan fingerprint density at radius 2 is 1.83 bits per heavy atom. The molecule has 2 rings (SSSR count). The van der Waals surface area contributed by atoms with E-state index >= 15 is 0 Å². The predicted octanol–water partition coefficient (Wildman–Crippen LogP) is 4.52. The molecule has 0 spiro atoms. The lowest BCUT2D eigenvalue weighted by molar-refractivity contribution is 0.339. The van der Waals surface area contributed by atoms with Crippen molar-refractivity contribution in [3.05, 3.63) is 58.7 Å². The zero-order chi connectivity index (χ0) is 17.0. The Hall–Kier alpha value is -2.18. The van der Waals surface area contributed by atoms with E-state index in [-0.39, 0.29) is 11.2 Å². The van der Waals surface area contributed by atoms with Gasteiger partial charge < -0.3 is 9.84 Å². The number of nitrogens with zero attached hydrogens (tertiary/aromatic N) is 1. The van der Waals surface area contributed by atoms with Gasteiger partial charge in [-0.15, -0.1) is 11.6 Å². The van der Waals surface area contributed by atoms with Crippen molar-refractivity contribution in [1.29, 1.82) is 5.26 Å².